The molecule has 0 aliphatic carbocycles. The predicted octanol–water partition coefficient (Wildman–Crippen LogP) is 0.127. The Bertz CT molecular complexity index is 1800. The third-order valence-electron chi connectivity index (χ3n) is 8.14. The van der Waals surface area contributed by atoms with Gasteiger partial charge in [0, 0.05) is 38.1 Å². The van der Waals surface area contributed by atoms with Crippen molar-refractivity contribution in [3.63, 3.8) is 0 Å². The van der Waals surface area contributed by atoms with E-state index in [0.717, 1.165) is 0 Å². The van der Waals surface area contributed by atoms with Gasteiger partial charge in [0.05, 0.1) is 36.5 Å². The second-order valence-electron chi connectivity index (χ2n) is 11.6. The minimum absolute atomic E-state index is 0.0591. The van der Waals surface area contributed by atoms with Gasteiger partial charge in [-0.15, -0.1) is 8.57 Å². The number of aromatic nitrogens is 2. The molecule has 0 spiro atoms. The molecule has 0 aromatic carbocycles. The third kappa shape index (κ3) is 8.73. The van der Waals surface area contributed by atoms with E-state index in [0.29, 0.717) is 78.0 Å². The number of urea groups is 3. The molecule has 23 nitrogen and oxygen atoms in total. The summed E-state index contributed by atoms with van der Waals surface area (Å²) in [5.74, 6) is 1.11. The zero-order chi connectivity index (χ0) is 35.7. The summed E-state index contributed by atoms with van der Waals surface area (Å²) in [7, 11) is -9.54. The summed E-state index contributed by atoms with van der Waals surface area (Å²) >= 11 is 0. The van der Waals surface area contributed by atoms with Gasteiger partial charge in [-0.25, -0.2) is 14.4 Å². The fourth-order valence-electron chi connectivity index (χ4n) is 6.08. The van der Waals surface area contributed by atoms with E-state index in [1.165, 1.54) is 9.80 Å². The number of amides is 6. The number of rotatable bonds is 12. The topological polar surface area (TPSA) is 331 Å². The van der Waals surface area contributed by atoms with Crippen LogP contribution in [0.15, 0.2) is 21.2 Å². The average molecular weight is 735 g/mol. The zero-order valence-electron chi connectivity index (χ0n) is 25.6. The normalized spacial score (nSPS) is 23.5. The number of primary amides is 1. The fourth-order valence-corrected chi connectivity index (χ4v) is 6.86. The molecule has 4 bridgehead atoms. The Morgan fingerprint density at radius 1 is 0.878 bits per heavy atom. The van der Waals surface area contributed by atoms with Crippen LogP contribution in [0.2, 0.25) is 0 Å². The second kappa shape index (κ2) is 14.1. The lowest BCUT2D eigenvalue weighted by molar-refractivity contribution is -0.0318. The van der Waals surface area contributed by atoms with E-state index in [9.17, 15) is 31.2 Å². The number of nitrogens with two attached hydrogens (primary N) is 2. The second-order valence-corrected chi connectivity index (χ2v) is 13.6. The molecule has 25 heteroatoms. The first-order chi connectivity index (χ1) is 23.0. The van der Waals surface area contributed by atoms with Crippen LogP contribution in [-0.2, 0) is 42.3 Å². The maximum Gasteiger partial charge on any atom is 0.418 e. The highest BCUT2D eigenvalue weighted by atomic mass is 32.3. The molecule has 6 amide bonds. The predicted molar refractivity (Wildman–Crippen MR) is 159 cm³/mol. The number of aryl methyl sites for hydroxylation is 1. The van der Waals surface area contributed by atoms with Crippen molar-refractivity contribution >= 4 is 44.7 Å². The lowest BCUT2D eigenvalue weighted by Crippen LogP contribution is -2.35. The number of hydrogen-bond acceptors (Lipinski definition) is 14. The van der Waals surface area contributed by atoms with Crippen molar-refractivity contribution in [2.24, 2.45) is 11.5 Å². The summed E-state index contributed by atoms with van der Waals surface area (Å²) in [5, 5.41) is 18.8. The Morgan fingerprint density at radius 2 is 1.35 bits per heavy atom. The van der Waals surface area contributed by atoms with Gasteiger partial charge in [-0.2, -0.15) is 27.0 Å². The van der Waals surface area contributed by atoms with Crippen LogP contribution in [0, 0.1) is 5.41 Å². The summed E-state index contributed by atoms with van der Waals surface area (Å²) in [6, 6.07) is -0.358. The van der Waals surface area contributed by atoms with Crippen LogP contribution in [0.3, 0.4) is 0 Å². The fraction of sp³-hybridized carbons (Fsp3) is 0.583. The van der Waals surface area contributed by atoms with Crippen LogP contribution in [0.1, 0.15) is 73.5 Å². The largest absolute Gasteiger partial charge is 0.418 e. The zero-order valence-corrected chi connectivity index (χ0v) is 27.2. The number of carbonyl (C=O) groups excluding carboxylic acids is 3. The van der Waals surface area contributed by atoms with Crippen LogP contribution < -0.4 is 16.8 Å². The van der Waals surface area contributed by atoms with Gasteiger partial charge in [0.15, 0.2) is 5.76 Å². The van der Waals surface area contributed by atoms with Crippen molar-refractivity contribution in [2.45, 2.75) is 75.7 Å². The molecule has 270 valence electrons. The van der Waals surface area contributed by atoms with E-state index in [1.54, 1.807) is 12.1 Å². The number of amidine groups is 1. The molecule has 4 saturated heterocycles. The standard InChI is InChI=1S/C13H19N5O6S.C11H15N5O7S/c14-12(15)3-1-2-9-6-10(16-23-9)11-5-4-8-7-17(11)13(19)18(8)24-25(20,21)22;12-10(17)13-4-7-3-8(14-22-7)9-2-1-6-5-15(9)11(18)16(6)23-24(19,20)21/h6,8,11H,1-5,7H2,(H3,14,15)(H,20,21,22);3,6,9H,1-2,4-5H2,(H3,12,13,17)(H,19,20,21)/t8-,11+;6-,9+/m11/s1. The Labute approximate surface area is 278 Å². The number of carbonyl (C=O) groups is 3. The molecule has 49 heavy (non-hydrogen) atoms. The third-order valence-corrected chi connectivity index (χ3v) is 8.84. The summed E-state index contributed by atoms with van der Waals surface area (Å²) in [4.78, 5) is 38.2. The quantitative estimate of drug-likeness (QED) is 0.0958. The van der Waals surface area contributed by atoms with Crippen LogP contribution in [-0.4, -0.2) is 105 Å². The molecule has 4 aliphatic heterocycles. The average Bonchev–Trinajstić information content (AvgIpc) is 3.78. The molecule has 6 heterocycles. The van der Waals surface area contributed by atoms with Crippen molar-refractivity contribution in [3.05, 3.63) is 35.0 Å². The smallest absolute Gasteiger partial charge is 0.388 e. The van der Waals surface area contributed by atoms with Crippen molar-refractivity contribution in [1.29, 1.82) is 5.41 Å². The first kappa shape index (κ1) is 35.7. The highest BCUT2D eigenvalue weighted by Crippen LogP contribution is 2.39. The van der Waals surface area contributed by atoms with Gasteiger partial charge in [0.1, 0.15) is 17.1 Å². The molecule has 4 fully saturated rings. The summed E-state index contributed by atoms with van der Waals surface area (Å²) < 4.78 is 80.1. The van der Waals surface area contributed by atoms with Crippen molar-refractivity contribution in [1.82, 2.24) is 35.6 Å². The number of nitrogens with zero attached hydrogens (tertiary/aromatic N) is 6. The van der Waals surface area contributed by atoms with E-state index in [-0.39, 0.29) is 31.5 Å². The molecule has 2 aromatic heterocycles. The monoisotopic (exact) mass is 734 g/mol. The first-order valence-corrected chi connectivity index (χ1v) is 17.5. The Kier molecular flexibility index (Phi) is 10.3. The minimum atomic E-state index is -4.78. The number of nitrogens with one attached hydrogen (secondary N) is 2. The molecule has 0 saturated carbocycles. The highest BCUT2D eigenvalue weighted by Gasteiger charge is 2.49. The van der Waals surface area contributed by atoms with Gasteiger partial charge in [-0.3, -0.25) is 14.5 Å². The van der Waals surface area contributed by atoms with E-state index in [2.05, 4.69) is 24.2 Å². The van der Waals surface area contributed by atoms with Gasteiger partial charge >= 0.3 is 38.9 Å². The van der Waals surface area contributed by atoms with Crippen molar-refractivity contribution in [3.8, 4) is 0 Å². The van der Waals surface area contributed by atoms with Gasteiger partial charge in [-0.1, -0.05) is 10.3 Å². The van der Waals surface area contributed by atoms with Crippen molar-refractivity contribution in [2.75, 3.05) is 13.1 Å². The molecule has 2 aromatic rings. The van der Waals surface area contributed by atoms with Crippen LogP contribution in [0.5, 0.6) is 0 Å². The first-order valence-electron chi connectivity index (χ1n) is 14.8. The Balaban J connectivity index is 0.000000191. The molecule has 0 radical (unpaired) electrons. The summed E-state index contributed by atoms with van der Waals surface area (Å²) in [6.45, 7) is 0.579. The summed E-state index contributed by atoms with van der Waals surface area (Å²) in [5.41, 5.74) is 11.3. The molecule has 8 N–H and O–H groups in total. The van der Waals surface area contributed by atoms with Gasteiger partial charge in [0.25, 0.3) is 0 Å². The SMILES string of the molecule is N=C(N)CCCc1cc([C@@H]2CC[C@@H]3CN2C(=O)N3OS(=O)(=O)O)no1.NC(=O)NCc1cc([C@@H]2CC[C@@H]3CN2C(=O)N3OS(=O)(=O)O)no1. The number of hydrogen-bond donors (Lipinski definition) is 6. The van der Waals surface area contributed by atoms with E-state index in [1.807, 2.05) is 0 Å². The molecule has 4 aliphatic rings. The Morgan fingerprint density at radius 3 is 1.80 bits per heavy atom. The maximum absolute atomic E-state index is 12.4. The maximum atomic E-state index is 12.4. The molecular weight excluding hydrogens is 700 g/mol. The van der Waals surface area contributed by atoms with Crippen LogP contribution >= 0.6 is 0 Å². The number of hydroxylamine groups is 4. The van der Waals surface area contributed by atoms with E-state index < -0.39 is 57.0 Å². The Hall–Kier alpha value is -4.56. The highest BCUT2D eigenvalue weighted by molar-refractivity contribution is 7.81. The van der Waals surface area contributed by atoms with Crippen LogP contribution in [0.25, 0.3) is 0 Å². The molecular formula is C24H34N10O13S2. The van der Waals surface area contributed by atoms with Crippen molar-refractivity contribution < 1.29 is 57.9 Å². The lowest BCUT2D eigenvalue weighted by Gasteiger charge is -2.28. The molecule has 4 atom stereocenters. The van der Waals surface area contributed by atoms with Gasteiger partial charge in [-0.05, 0) is 32.1 Å². The molecule has 0 unspecified atom stereocenters. The summed E-state index contributed by atoms with van der Waals surface area (Å²) in [6.07, 6.45) is 3.76. The van der Waals surface area contributed by atoms with Gasteiger partial charge < -0.3 is 35.6 Å². The minimum Gasteiger partial charge on any atom is -0.388 e. The van der Waals surface area contributed by atoms with Gasteiger partial charge in [0.2, 0.25) is 0 Å². The number of fused-ring (bicyclic) bond motifs is 4. The number of piperidine rings is 2. The van der Waals surface area contributed by atoms with E-state index in [4.69, 9.17) is 35.0 Å². The van der Waals surface area contributed by atoms with E-state index >= 15 is 0 Å². The molecule has 6 rings (SSSR count). The van der Waals surface area contributed by atoms with Crippen LogP contribution in [0.4, 0.5) is 14.4 Å². The lowest BCUT2D eigenvalue weighted by atomic mass is 9.98.